The van der Waals surface area contributed by atoms with Crippen molar-refractivity contribution in [2.75, 3.05) is 5.32 Å². The van der Waals surface area contributed by atoms with Crippen molar-refractivity contribution in [1.29, 1.82) is 0 Å². The molecule has 0 saturated heterocycles. The van der Waals surface area contributed by atoms with Crippen LogP contribution in [0.5, 0.6) is 0 Å². The van der Waals surface area contributed by atoms with E-state index in [0.29, 0.717) is 18.2 Å². The van der Waals surface area contributed by atoms with Crippen LogP contribution in [-0.2, 0) is 13.2 Å². The zero-order chi connectivity index (χ0) is 21.5. The molecular formula is C18H10F7N3O. The lowest BCUT2D eigenvalue weighted by Gasteiger charge is -2.09. The quantitative estimate of drug-likeness (QED) is 0.616. The average molecular weight is 417 g/mol. The van der Waals surface area contributed by atoms with Crippen molar-refractivity contribution in [2.45, 2.75) is 6.18 Å². The van der Waals surface area contributed by atoms with Gasteiger partial charge in [-0.3, -0.25) is 9.48 Å². The zero-order valence-corrected chi connectivity index (χ0v) is 14.4. The summed E-state index contributed by atoms with van der Waals surface area (Å²) in [5.74, 6) is -6.44. The van der Waals surface area contributed by atoms with Crippen LogP contribution in [0.25, 0.3) is 11.3 Å². The third-order valence-corrected chi connectivity index (χ3v) is 3.91. The highest BCUT2D eigenvalue weighted by molar-refractivity contribution is 6.04. The summed E-state index contributed by atoms with van der Waals surface area (Å²) in [6.45, 7) is 0. The van der Waals surface area contributed by atoms with Crippen LogP contribution < -0.4 is 5.32 Å². The van der Waals surface area contributed by atoms with Crippen LogP contribution in [0.1, 0.15) is 16.1 Å². The Labute approximate surface area is 158 Å². The van der Waals surface area contributed by atoms with Crippen molar-refractivity contribution in [3.8, 4) is 11.3 Å². The van der Waals surface area contributed by atoms with Gasteiger partial charge in [-0.2, -0.15) is 18.3 Å². The highest BCUT2D eigenvalue weighted by Gasteiger charge is 2.35. The summed E-state index contributed by atoms with van der Waals surface area (Å²) < 4.78 is 93.8. The number of nitrogens with zero attached hydrogens (tertiary/aromatic N) is 2. The average Bonchev–Trinajstić information content (AvgIpc) is 2.96. The number of nitrogens with one attached hydrogen (secondary N) is 1. The Morgan fingerprint density at radius 2 is 1.59 bits per heavy atom. The second-order valence-electron chi connectivity index (χ2n) is 5.93. The zero-order valence-electron chi connectivity index (χ0n) is 14.4. The SMILES string of the molecule is Cn1nc(C(F)(F)F)cc1-c1ccc(NC(=O)c2c(F)cc(F)cc2F)cc1F. The highest BCUT2D eigenvalue weighted by Crippen LogP contribution is 2.33. The number of alkyl halides is 3. The fourth-order valence-electron chi connectivity index (χ4n) is 2.61. The molecule has 4 nitrogen and oxygen atoms in total. The number of rotatable bonds is 3. The number of carbonyl (C=O) groups is 1. The molecule has 0 unspecified atom stereocenters. The standard InChI is InChI=1S/C18H10F7N3O/c1-28-14(7-15(27-28)18(23,24)25)10-3-2-9(6-11(10)20)26-17(29)16-12(21)4-8(19)5-13(16)22/h2-7H,1H3,(H,26,29). The number of anilines is 1. The Morgan fingerprint density at radius 3 is 2.10 bits per heavy atom. The predicted octanol–water partition coefficient (Wildman–Crippen LogP) is 4.91. The van der Waals surface area contributed by atoms with Gasteiger partial charge in [0.25, 0.3) is 5.91 Å². The summed E-state index contributed by atoms with van der Waals surface area (Å²) in [5.41, 5.74) is -2.93. The van der Waals surface area contributed by atoms with Crippen LogP contribution in [-0.4, -0.2) is 15.7 Å². The van der Waals surface area contributed by atoms with Gasteiger partial charge in [0.05, 0.1) is 5.69 Å². The first kappa shape index (κ1) is 20.4. The van der Waals surface area contributed by atoms with E-state index in [2.05, 4.69) is 5.10 Å². The molecule has 0 radical (unpaired) electrons. The molecule has 1 aromatic heterocycles. The number of aryl methyl sites for hydroxylation is 1. The van der Waals surface area contributed by atoms with Gasteiger partial charge >= 0.3 is 6.18 Å². The van der Waals surface area contributed by atoms with Crippen LogP contribution in [0, 0.1) is 23.3 Å². The topological polar surface area (TPSA) is 46.9 Å². The third kappa shape index (κ3) is 4.08. The molecule has 0 aliphatic carbocycles. The molecule has 1 amide bonds. The summed E-state index contributed by atoms with van der Waals surface area (Å²) in [6, 6.07) is 4.22. The Bertz CT molecular complexity index is 1080. The van der Waals surface area contributed by atoms with E-state index in [1.165, 1.54) is 7.05 Å². The number of hydrogen-bond acceptors (Lipinski definition) is 2. The van der Waals surface area contributed by atoms with Crippen LogP contribution >= 0.6 is 0 Å². The van der Waals surface area contributed by atoms with Crippen LogP contribution in [0.4, 0.5) is 36.4 Å². The molecule has 1 heterocycles. The Morgan fingerprint density at radius 1 is 0.966 bits per heavy atom. The fourth-order valence-corrected chi connectivity index (χ4v) is 2.61. The smallest absolute Gasteiger partial charge is 0.322 e. The van der Waals surface area contributed by atoms with Crippen molar-refractivity contribution in [3.63, 3.8) is 0 Å². The number of hydrogen-bond donors (Lipinski definition) is 1. The molecule has 2 aromatic carbocycles. The second-order valence-corrected chi connectivity index (χ2v) is 5.93. The first-order valence-electron chi connectivity index (χ1n) is 7.84. The van der Waals surface area contributed by atoms with Crippen LogP contribution in [0.3, 0.4) is 0 Å². The maximum Gasteiger partial charge on any atom is 0.435 e. The monoisotopic (exact) mass is 417 g/mol. The van der Waals surface area contributed by atoms with Crippen molar-refractivity contribution >= 4 is 11.6 Å². The van der Waals surface area contributed by atoms with Gasteiger partial charge in [0.1, 0.15) is 28.8 Å². The molecule has 0 spiro atoms. The number of carbonyl (C=O) groups excluding carboxylic acids is 1. The normalized spacial score (nSPS) is 11.6. The summed E-state index contributed by atoms with van der Waals surface area (Å²) >= 11 is 0. The van der Waals surface area contributed by atoms with E-state index in [1.807, 2.05) is 5.32 Å². The first-order valence-corrected chi connectivity index (χ1v) is 7.84. The summed E-state index contributed by atoms with van der Waals surface area (Å²) in [7, 11) is 1.19. The summed E-state index contributed by atoms with van der Waals surface area (Å²) in [6.07, 6.45) is -4.72. The molecule has 0 saturated carbocycles. The molecule has 1 N–H and O–H groups in total. The Kier molecular flexibility index (Phi) is 5.07. The van der Waals surface area contributed by atoms with Gasteiger partial charge in [0.2, 0.25) is 0 Å². The molecule has 0 fully saturated rings. The second kappa shape index (κ2) is 7.22. The van der Waals surface area contributed by atoms with E-state index in [0.717, 1.165) is 22.9 Å². The van der Waals surface area contributed by atoms with E-state index < -0.39 is 46.6 Å². The van der Waals surface area contributed by atoms with Gasteiger partial charge in [-0.25, -0.2) is 17.6 Å². The molecular weight excluding hydrogens is 407 g/mol. The van der Waals surface area contributed by atoms with Gasteiger partial charge in [-0.15, -0.1) is 0 Å². The lowest BCUT2D eigenvalue weighted by atomic mass is 10.1. The molecule has 3 rings (SSSR count). The lowest BCUT2D eigenvalue weighted by Crippen LogP contribution is -2.16. The van der Waals surface area contributed by atoms with Crippen molar-refractivity contribution < 1.29 is 35.5 Å². The van der Waals surface area contributed by atoms with Gasteiger partial charge in [-0.05, 0) is 24.3 Å². The van der Waals surface area contributed by atoms with E-state index in [1.54, 1.807) is 0 Å². The fraction of sp³-hybridized carbons (Fsp3) is 0.111. The minimum Gasteiger partial charge on any atom is -0.322 e. The molecule has 152 valence electrons. The molecule has 0 aliphatic heterocycles. The molecule has 0 atom stereocenters. The first-order chi connectivity index (χ1) is 13.5. The van der Waals surface area contributed by atoms with Crippen molar-refractivity contribution in [1.82, 2.24) is 9.78 Å². The van der Waals surface area contributed by atoms with E-state index in [-0.39, 0.29) is 16.9 Å². The van der Waals surface area contributed by atoms with Gasteiger partial charge in [0, 0.05) is 30.4 Å². The number of aromatic nitrogens is 2. The van der Waals surface area contributed by atoms with Crippen molar-refractivity contribution in [2.24, 2.45) is 7.05 Å². The molecule has 11 heteroatoms. The number of halogens is 7. The molecule has 29 heavy (non-hydrogen) atoms. The van der Waals surface area contributed by atoms with Gasteiger partial charge in [0.15, 0.2) is 5.69 Å². The summed E-state index contributed by atoms with van der Waals surface area (Å²) in [4.78, 5) is 12.0. The minimum absolute atomic E-state index is 0.177. The predicted molar refractivity (Wildman–Crippen MR) is 87.9 cm³/mol. The van der Waals surface area contributed by atoms with Crippen molar-refractivity contribution in [3.05, 3.63) is 70.9 Å². The largest absolute Gasteiger partial charge is 0.435 e. The lowest BCUT2D eigenvalue weighted by molar-refractivity contribution is -0.141. The Hall–Kier alpha value is -3.37. The van der Waals surface area contributed by atoms with E-state index in [9.17, 15) is 35.5 Å². The third-order valence-electron chi connectivity index (χ3n) is 3.91. The molecule has 3 aromatic rings. The Balaban J connectivity index is 1.89. The van der Waals surface area contributed by atoms with Crippen LogP contribution in [0.2, 0.25) is 0 Å². The maximum atomic E-state index is 14.4. The number of benzene rings is 2. The highest BCUT2D eigenvalue weighted by atomic mass is 19.4. The van der Waals surface area contributed by atoms with Gasteiger partial charge in [-0.1, -0.05) is 0 Å². The molecule has 0 bridgehead atoms. The van der Waals surface area contributed by atoms with E-state index >= 15 is 0 Å². The minimum atomic E-state index is -4.72. The molecule has 0 aliphatic rings. The maximum absolute atomic E-state index is 14.4. The van der Waals surface area contributed by atoms with Crippen LogP contribution in [0.15, 0.2) is 36.4 Å². The van der Waals surface area contributed by atoms with E-state index in [4.69, 9.17) is 0 Å². The summed E-state index contributed by atoms with van der Waals surface area (Å²) in [5, 5.41) is 5.32. The van der Waals surface area contributed by atoms with Gasteiger partial charge < -0.3 is 5.32 Å². The number of amides is 1.